The van der Waals surface area contributed by atoms with Gasteiger partial charge in [-0.3, -0.25) is 9.08 Å². The second-order valence-corrected chi connectivity index (χ2v) is 7.41. The number of hydrogen-bond donors (Lipinski definition) is 2. The largest absolute Gasteiger partial charge is 0.480 e. The zero-order chi connectivity index (χ0) is 16.5. The molecule has 1 aliphatic carbocycles. The molecule has 1 amide bonds. The number of rotatable bonds is 8. The lowest BCUT2D eigenvalue weighted by Crippen LogP contribution is -2.42. The topological polar surface area (TPSA) is 130 Å². The fraction of sp³-hybridized carbons (Fsp3) is 0.833. The summed E-state index contributed by atoms with van der Waals surface area (Å²) in [5.74, 6) is -1.14. The first-order valence-electron chi connectivity index (χ1n) is 6.82. The molecule has 1 saturated carbocycles. The van der Waals surface area contributed by atoms with Gasteiger partial charge in [0.25, 0.3) is 10.1 Å². The molecule has 0 aromatic carbocycles. The molecule has 1 aliphatic heterocycles. The lowest BCUT2D eigenvalue weighted by atomic mass is 10.0. The van der Waals surface area contributed by atoms with Gasteiger partial charge in [0.15, 0.2) is 0 Å². The van der Waals surface area contributed by atoms with Crippen LogP contribution in [0.2, 0.25) is 0 Å². The molecule has 0 unspecified atom stereocenters. The van der Waals surface area contributed by atoms with Crippen LogP contribution in [0.5, 0.6) is 0 Å². The van der Waals surface area contributed by atoms with Crippen molar-refractivity contribution in [1.82, 2.24) is 4.90 Å². The molecule has 126 valence electrons. The fourth-order valence-corrected chi connectivity index (χ4v) is 3.39. The third kappa shape index (κ3) is 3.68. The number of ether oxygens (including phenoxy) is 1. The van der Waals surface area contributed by atoms with E-state index < -0.39 is 33.6 Å². The van der Waals surface area contributed by atoms with Crippen molar-refractivity contribution in [3.63, 3.8) is 0 Å². The smallest absolute Gasteiger partial charge is 0.408 e. The van der Waals surface area contributed by atoms with Crippen molar-refractivity contribution in [2.24, 2.45) is 5.41 Å². The van der Waals surface area contributed by atoms with E-state index in [0.29, 0.717) is 12.8 Å². The van der Waals surface area contributed by atoms with E-state index in [4.69, 9.17) is 14.9 Å². The Morgan fingerprint density at radius 1 is 1.27 bits per heavy atom. The van der Waals surface area contributed by atoms with Crippen molar-refractivity contribution in [2.75, 3.05) is 26.1 Å². The minimum atomic E-state index is -3.46. The number of likely N-dealkylation sites (tertiary alicyclic amines) is 1. The standard InChI is InChI=1S/C12H19NO8S/c1-22(18,19)21-4-2-3-20-7-12-5-8(10(14)15)13(11(16)17)9(12)6-12/h8-9H,2-7H2,1H3,(H,14,15)(H,16,17)/t8-,9-,12+/m0/s1. The van der Waals surface area contributed by atoms with Crippen LogP contribution in [0.1, 0.15) is 19.3 Å². The number of fused-ring (bicyclic) bond motifs is 1. The van der Waals surface area contributed by atoms with E-state index in [2.05, 4.69) is 4.18 Å². The quantitative estimate of drug-likeness (QED) is 0.466. The number of carbonyl (C=O) groups is 2. The summed E-state index contributed by atoms with van der Waals surface area (Å²) >= 11 is 0. The molecule has 2 fully saturated rings. The van der Waals surface area contributed by atoms with E-state index in [9.17, 15) is 18.0 Å². The highest BCUT2D eigenvalue weighted by molar-refractivity contribution is 7.85. The van der Waals surface area contributed by atoms with E-state index >= 15 is 0 Å². The Kier molecular flexibility index (Phi) is 4.64. The summed E-state index contributed by atoms with van der Waals surface area (Å²) < 4.78 is 31.5. The second-order valence-electron chi connectivity index (χ2n) is 5.76. The molecule has 0 aromatic heterocycles. The molecule has 10 heteroatoms. The normalized spacial score (nSPS) is 30.1. The van der Waals surface area contributed by atoms with Gasteiger partial charge in [0.1, 0.15) is 6.04 Å². The molecule has 1 saturated heterocycles. The third-order valence-electron chi connectivity index (χ3n) is 4.04. The average molecular weight is 337 g/mol. The molecular formula is C12H19NO8S. The Bertz CT molecular complexity index is 561. The van der Waals surface area contributed by atoms with Crippen LogP contribution >= 0.6 is 0 Å². The van der Waals surface area contributed by atoms with Crippen molar-refractivity contribution >= 4 is 22.2 Å². The van der Waals surface area contributed by atoms with E-state index in [0.717, 1.165) is 11.2 Å². The van der Waals surface area contributed by atoms with Gasteiger partial charge in [0.05, 0.1) is 19.5 Å². The summed E-state index contributed by atoms with van der Waals surface area (Å²) in [6.07, 6.45) is 0.978. The van der Waals surface area contributed by atoms with Gasteiger partial charge in [-0.15, -0.1) is 0 Å². The Morgan fingerprint density at radius 3 is 2.45 bits per heavy atom. The van der Waals surface area contributed by atoms with Gasteiger partial charge in [-0.05, 0) is 19.3 Å². The highest BCUT2D eigenvalue weighted by Crippen LogP contribution is 2.59. The first kappa shape index (κ1) is 17.0. The highest BCUT2D eigenvalue weighted by Gasteiger charge is 2.67. The van der Waals surface area contributed by atoms with Crippen LogP contribution in [0.3, 0.4) is 0 Å². The highest BCUT2D eigenvalue weighted by atomic mass is 32.2. The van der Waals surface area contributed by atoms with Crippen molar-refractivity contribution in [3.05, 3.63) is 0 Å². The average Bonchev–Trinajstić information content (AvgIpc) is 2.96. The van der Waals surface area contributed by atoms with E-state index in [1.165, 1.54) is 0 Å². The predicted molar refractivity (Wildman–Crippen MR) is 73.0 cm³/mol. The van der Waals surface area contributed by atoms with Crippen LogP contribution in [-0.2, 0) is 23.8 Å². The molecule has 2 rings (SSSR count). The summed E-state index contributed by atoms with van der Waals surface area (Å²) in [7, 11) is -3.46. The zero-order valence-corrected chi connectivity index (χ0v) is 12.9. The van der Waals surface area contributed by atoms with E-state index in [-0.39, 0.29) is 32.3 Å². The van der Waals surface area contributed by atoms with Crippen LogP contribution in [0.15, 0.2) is 0 Å². The van der Waals surface area contributed by atoms with Gasteiger partial charge in [-0.1, -0.05) is 0 Å². The maximum atomic E-state index is 11.2. The maximum absolute atomic E-state index is 11.2. The Labute approximate surface area is 127 Å². The summed E-state index contributed by atoms with van der Waals surface area (Å²) in [4.78, 5) is 23.3. The van der Waals surface area contributed by atoms with Crippen molar-refractivity contribution in [1.29, 1.82) is 0 Å². The molecule has 0 bridgehead atoms. The maximum Gasteiger partial charge on any atom is 0.408 e. The van der Waals surface area contributed by atoms with E-state index in [1.807, 2.05) is 0 Å². The van der Waals surface area contributed by atoms with Crippen LogP contribution < -0.4 is 0 Å². The summed E-state index contributed by atoms with van der Waals surface area (Å²) in [6, 6.07) is -1.33. The molecular weight excluding hydrogens is 318 g/mol. The first-order valence-corrected chi connectivity index (χ1v) is 8.64. The third-order valence-corrected chi connectivity index (χ3v) is 4.64. The molecule has 3 atom stereocenters. The minimum Gasteiger partial charge on any atom is -0.480 e. The van der Waals surface area contributed by atoms with Gasteiger partial charge < -0.3 is 14.9 Å². The lowest BCUT2D eigenvalue weighted by Gasteiger charge is -2.20. The number of carboxylic acids is 1. The predicted octanol–water partition coefficient (Wildman–Crippen LogP) is -0.0351. The summed E-state index contributed by atoms with van der Waals surface area (Å²) in [6.45, 7) is 0.563. The molecule has 0 radical (unpaired) electrons. The Morgan fingerprint density at radius 2 is 1.95 bits per heavy atom. The molecule has 2 aliphatic rings. The van der Waals surface area contributed by atoms with Gasteiger partial charge in [-0.2, -0.15) is 8.42 Å². The number of carboxylic acid groups (broad SMARTS) is 2. The number of aliphatic carboxylic acids is 1. The first-order chi connectivity index (χ1) is 10.2. The van der Waals surface area contributed by atoms with Crippen LogP contribution in [0.4, 0.5) is 4.79 Å². The molecule has 22 heavy (non-hydrogen) atoms. The van der Waals surface area contributed by atoms with Gasteiger partial charge in [-0.25, -0.2) is 9.59 Å². The molecule has 0 spiro atoms. The van der Waals surface area contributed by atoms with Gasteiger partial charge in [0.2, 0.25) is 0 Å². The van der Waals surface area contributed by atoms with Crippen LogP contribution in [-0.4, -0.2) is 73.8 Å². The number of hydrogen-bond acceptors (Lipinski definition) is 6. The number of nitrogens with zero attached hydrogens (tertiary/aromatic N) is 1. The van der Waals surface area contributed by atoms with Gasteiger partial charge in [0, 0.05) is 18.1 Å². The number of piperidine rings is 1. The Balaban J connectivity index is 1.76. The zero-order valence-electron chi connectivity index (χ0n) is 12.1. The van der Waals surface area contributed by atoms with Crippen molar-refractivity contribution < 1.29 is 37.1 Å². The molecule has 1 heterocycles. The van der Waals surface area contributed by atoms with Crippen LogP contribution in [0, 0.1) is 5.41 Å². The van der Waals surface area contributed by atoms with Crippen molar-refractivity contribution in [2.45, 2.75) is 31.3 Å². The van der Waals surface area contributed by atoms with E-state index in [1.54, 1.807) is 0 Å². The minimum absolute atomic E-state index is 0.0221. The number of amides is 1. The van der Waals surface area contributed by atoms with Crippen LogP contribution in [0.25, 0.3) is 0 Å². The summed E-state index contributed by atoms with van der Waals surface area (Å²) in [5, 5.41) is 18.2. The van der Waals surface area contributed by atoms with Gasteiger partial charge >= 0.3 is 12.1 Å². The lowest BCUT2D eigenvalue weighted by molar-refractivity contribution is -0.142. The molecule has 9 nitrogen and oxygen atoms in total. The summed E-state index contributed by atoms with van der Waals surface area (Å²) in [5.41, 5.74) is -0.418. The Hall–Kier alpha value is -1.39. The molecule has 0 aromatic rings. The van der Waals surface area contributed by atoms with Crippen molar-refractivity contribution in [3.8, 4) is 0 Å². The fourth-order valence-electron chi connectivity index (χ4n) is 2.97. The molecule has 2 N–H and O–H groups in total. The monoisotopic (exact) mass is 337 g/mol. The SMILES string of the molecule is CS(=O)(=O)OCCCOC[C@@]12C[C@@H]1N(C(=O)O)[C@H](C(=O)O)C2. The second kappa shape index (κ2) is 6.01.